The van der Waals surface area contributed by atoms with Crippen molar-refractivity contribution in [1.82, 2.24) is 0 Å². The maximum absolute atomic E-state index is 11.7. The number of methoxy groups -OCH3 is 2. The molecule has 0 unspecified atom stereocenters. The number of carbonyl (C=O) groups is 1. The molecule has 0 atom stereocenters. The molecule has 122 valence electrons. The van der Waals surface area contributed by atoms with Gasteiger partial charge in [0.2, 0.25) is 0 Å². The van der Waals surface area contributed by atoms with Gasteiger partial charge >= 0.3 is 0 Å². The summed E-state index contributed by atoms with van der Waals surface area (Å²) in [6, 6.07) is 8.62. The van der Waals surface area contributed by atoms with Crippen molar-refractivity contribution >= 4 is 5.78 Å². The van der Waals surface area contributed by atoms with Gasteiger partial charge in [-0.25, -0.2) is 0 Å². The summed E-state index contributed by atoms with van der Waals surface area (Å²) in [5, 5.41) is 9.30. The number of aliphatic hydroxyl groups is 1. The van der Waals surface area contributed by atoms with Crippen LogP contribution in [0.5, 0.6) is 23.0 Å². The third-order valence-electron chi connectivity index (χ3n) is 3.44. The molecule has 0 bridgehead atoms. The third-order valence-corrected chi connectivity index (χ3v) is 3.44. The minimum Gasteiger partial charge on any atom is -0.497 e. The highest BCUT2D eigenvalue weighted by molar-refractivity contribution is 5.98. The zero-order chi connectivity index (χ0) is 17.0. The van der Waals surface area contributed by atoms with Crippen LogP contribution in [0.1, 0.15) is 28.4 Å². The summed E-state index contributed by atoms with van der Waals surface area (Å²) in [6.45, 7) is 3.22. The number of aliphatic hydroxyl groups excluding tert-OH is 1. The Bertz CT molecular complexity index is 699. The number of rotatable bonds is 6. The van der Waals surface area contributed by atoms with Gasteiger partial charge in [-0.1, -0.05) is 0 Å². The molecule has 5 heteroatoms. The summed E-state index contributed by atoms with van der Waals surface area (Å²) < 4.78 is 16.3. The van der Waals surface area contributed by atoms with Crippen molar-refractivity contribution < 1.29 is 24.1 Å². The summed E-state index contributed by atoms with van der Waals surface area (Å²) in [5.41, 5.74) is 2.00. The van der Waals surface area contributed by atoms with Gasteiger partial charge in [0.1, 0.15) is 23.0 Å². The van der Waals surface area contributed by atoms with Gasteiger partial charge in [-0.15, -0.1) is 0 Å². The first-order chi connectivity index (χ1) is 11.0. The van der Waals surface area contributed by atoms with E-state index in [0.29, 0.717) is 34.1 Å². The van der Waals surface area contributed by atoms with Crippen LogP contribution >= 0.6 is 0 Å². The molecule has 2 aromatic rings. The molecule has 0 heterocycles. The average molecular weight is 316 g/mol. The largest absolute Gasteiger partial charge is 0.497 e. The summed E-state index contributed by atoms with van der Waals surface area (Å²) >= 11 is 0. The van der Waals surface area contributed by atoms with Crippen LogP contribution in [-0.2, 0) is 6.61 Å². The summed E-state index contributed by atoms with van der Waals surface area (Å²) in [5.74, 6) is 2.08. The minimum absolute atomic E-state index is 0.0603. The van der Waals surface area contributed by atoms with Crippen LogP contribution in [0.25, 0.3) is 0 Å². The second-order valence-electron chi connectivity index (χ2n) is 5.15. The number of Topliss-reactive ketones (excluding diaryl/α,β-unsaturated/α-hetero) is 1. The zero-order valence-electron chi connectivity index (χ0n) is 13.7. The van der Waals surface area contributed by atoms with Gasteiger partial charge in [0.15, 0.2) is 5.78 Å². The lowest BCUT2D eigenvalue weighted by Gasteiger charge is -2.14. The zero-order valence-corrected chi connectivity index (χ0v) is 13.7. The van der Waals surface area contributed by atoms with Gasteiger partial charge < -0.3 is 19.3 Å². The van der Waals surface area contributed by atoms with E-state index in [4.69, 9.17) is 14.2 Å². The van der Waals surface area contributed by atoms with Gasteiger partial charge in [0.05, 0.1) is 26.4 Å². The summed E-state index contributed by atoms with van der Waals surface area (Å²) in [4.78, 5) is 11.7. The second-order valence-corrected chi connectivity index (χ2v) is 5.15. The van der Waals surface area contributed by atoms with Gasteiger partial charge in [0.25, 0.3) is 0 Å². The minimum atomic E-state index is -0.112. The van der Waals surface area contributed by atoms with Crippen molar-refractivity contribution in [2.24, 2.45) is 0 Å². The number of hydrogen-bond acceptors (Lipinski definition) is 5. The SMILES string of the molecule is COc1cc(CO)cc(Oc2cc(C)c(C(C)=O)c(OC)c2)c1. The summed E-state index contributed by atoms with van der Waals surface area (Å²) in [6.07, 6.45) is 0. The van der Waals surface area contributed by atoms with Crippen LogP contribution in [0, 0.1) is 6.92 Å². The fourth-order valence-electron chi connectivity index (χ4n) is 2.43. The molecule has 0 aliphatic heterocycles. The first-order valence-electron chi connectivity index (χ1n) is 7.14. The monoisotopic (exact) mass is 316 g/mol. The Morgan fingerprint density at radius 1 is 1.00 bits per heavy atom. The topological polar surface area (TPSA) is 65.0 Å². The molecule has 23 heavy (non-hydrogen) atoms. The van der Waals surface area contributed by atoms with Crippen LogP contribution in [-0.4, -0.2) is 25.1 Å². The predicted molar refractivity (Wildman–Crippen MR) is 86.7 cm³/mol. The molecule has 2 rings (SSSR count). The molecule has 0 amide bonds. The first-order valence-corrected chi connectivity index (χ1v) is 7.14. The Balaban J connectivity index is 2.41. The fraction of sp³-hybridized carbons (Fsp3) is 0.278. The number of aryl methyl sites for hydroxylation is 1. The lowest BCUT2D eigenvalue weighted by Crippen LogP contribution is -2.01. The lowest BCUT2D eigenvalue weighted by molar-refractivity contribution is 0.101. The molecule has 5 nitrogen and oxygen atoms in total. The highest BCUT2D eigenvalue weighted by Crippen LogP contribution is 2.33. The Hall–Kier alpha value is -2.53. The van der Waals surface area contributed by atoms with E-state index in [9.17, 15) is 9.90 Å². The van der Waals surface area contributed by atoms with E-state index in [1.165, 1.54) is 14.0 Å². The Morgan fingerprint density at radius 3 is 2.22 bits per heavy atom. The molecule has 0 aliphatic rings. The molecule has 0 saturated heterocycles. The summed E-state index contributed by atoms with van der Waals surface area (Å²) in [7, 11) is 3.06. The van der Waals surface area contributed by atoms with Gasteiger partial charge in [-0.05, 0) is 43.2 Å². The van der Waals surface area contributed by atoms with Crippen LogP contribution in [0.4, 0.5) is 0 Å². The fourth-order valence-corrected chi connectivity index (χ4v) is 2.43. The van der Waals surface area contributed by atoms with Crippen LogP contribution in [0.2, 0.25) is 0 Å². The molecule has 1 N–H and O–H groups in total. The van der Waals surface area contributed by atoms with E-state index in [1.807, 2.05) is 6.92 Å². The number of benzene rings is 2. The molecule has 0 spiro atoms. The molecule has 0 radical (unpaired) electrons. The molecule has 0 saturated carbocycles. The third kappa shape index (κ3) is 3.81. The smallest absolute Gasteiger partial charge is 0.163 e. The maximum atomic E-state index is 11.7. The number of ketones is 1. The van der Waals surface area contributed by atoms with E-state index in [0.717, 1.165) is 5.56 Å². The highest BCUT2D eigenvalue weighted by Gasteiger charge is 2.14. The molecular weight excluding hydrogens is 296 g/mol. The second kappa shape index (κ2) is 7.15. The van der Waals surface area contributed by atoms with Crippen molar-refractivity contribution in [3.05, 3.63) is 47.0 Å². The Kier molecular flexibility index (Phi) is 5.24. The van der Waals surface area contributed by atoms with Crippen LogP contribution in [0.15, 0.2) is 30.3 Å². The Morgan fingerprint density at radius 2 is 1.65 bits per heavy atom. The van der Waals surface area contributed by atoms with E-state index in [-0.39, 0.29) is 12.4 Å². The quantitative estimate of drug-likeness (QED) is 0.826. The van der Waals surface area contributed by atoms with Gasteiger partial charge in [0, 0.05) is 12.1 Å². The van der Waals surface area contributed by atoms with E-state index in [2.05, 4.69) is 0 Å². The van der Waals surface area contributed by atoms with Gasteiger partial charge in [-0.2, -0.15) is 0 Å². The van der Waals surface area contributed by atoms with Crippen LogP contribution in [0.3, 0.4) is 0 Å². The predicted octanol–water partition coefficient (Wildman–Crippen LogP) is 3.50. The normalized spacial score (nSPS) is 10.3. The standard InChI is InChI=1S/C18H20O5/c1-11-5-15(9-17(22-4)18(11)12(2)20)23-16-7-13(10-19)6-14(8-16)21-3/h5-9,19H,10H2,1-4H3. The van der Waals surface area contributed by atoms with E-state index in [1.54, 1.807) is 37.4 Å². The van der Waals surface area contributed by atoms with Crippen molar-refractivity contribution in [3.63, 3.8) is 0 Å². The first kappa shape index (κ1) is 16.8. The number of carbonyl (C=O) groups excluding carboxylic acids is 1. The maximum Gasteiger partial charge on any atom is 0.163 e. The van der Waals surface area contributed by atoms with Crippen molar-refractivity contribution in [2.45, 2.75) is 20.5 Å². The number of ether oxygens (including phenoxy) is 3. The van der Waals surface area contributed by atoms with Crippen LogP contribution < -0.4 is 14.2 Å². The molecular formula is C18H20O5. The Labute approximate surface area is 135 Å². The van der Waals surface area contributed by atoms with E-state index < -0.39 is 0 Å². The van der Waals surface area contributed by atoms with Crippen molar-refractivity contribution in [1.29, 1.82) is 0 Å². The molecule has 0 aromatic heterocycles. The van der Waals surface area contributed by atoms with Crippen molar-refractivity contribution in [3.8, 4) is 23.0 Å². The molecule has 0 fully saturated rings. The lowest BCUT2D eigenvalue weighted by atomic mass is 10.0. The molecule has 2 aromatic carbocycles. The van der Waals surface area contributed by atoms with E-state index >= 15 is 0 Å². The number of hydrogen-bond donors (Lipinski definition) is 1. The molecule has 0 aliphatic carbocycles. The highest BCUT2D eigenvalue weighted by atomic mass is 16.5. The average Bonchev–Trinajstić information content (AvgIpc) is 2.53. The van der Waals surface area contributed by atoms with Gasteiger partial charge in [-0.3, -0.25) is 4.79 Å². The van der Waals surface area contributed by atoms with Crippen molar-refractivity contribution in [2.75, 3.05) is 14.2 Å².